The summed E-state index contributed by atoms with van der Waals surface area (Å²) in [5.41, 5.74) is 0. The van der Waals surface area contributed by atoms with E-state index in [4.69, 9.17) is 14.2 Å². The van der Waals surface area contributed by atoms with Gasteiger partial charge in [-0.05, 0) is 83.5 Å². The number of rotatable bonds is 46. The number of carboxylic acid groups (broad SMARTS) is 1. The van der Waals surface area contributed by atoms with E-state index in [0.717, 1.165) is 83.5 Å². The van der Waals surface area contributed by atoms with Gasteiger partial charge < -0.3 is 28.6 Å². The van der Waals surface area contributed by atoms with Crippen LogP contribution in [-0.2, 0) is 28.6 Å². The number of nitrogens with zero attached hydrogens (tertiary/aromatic N) is 1. The maximum Gasteiger partial charge on any atom is 0.306 e. The van der Waals surface area contributed by atoms with Gasteiger partial charge in [-0.1, -0.05) is 183 Å². The lowest BCUT2D eigenvalue weighted by molar-refractivity contribution is -0.889. The Balaban J connectivity index is 4.25. The standard InChI is InChI=1S/C56H97NO7/c1-6-8-10-12-14-16-18-20-22-24-25-26-27-28-29-31-33-35-37-39-41-43-45-47-55(59)64-52(50-62-49-48-53(56(60)61)57(3,4)5)51-63-54(58)46-44-42-40-38-36-34-32-30-23-21-19-17-15-13-11-9-7-2/h8,10,14-17,20-23,25-26,52-53H,6-7,9,11-13,18-19,24,27-51H2,1-5H3/b10-8+,16-14+,17-15+,22-20+,23-21+,26-25+. The molecule has 0 aliphatic rings. The van der Waals surface area contributed by atoms with E-state index in [2.05, 4.69) is 86.8 Å². The van der Waals surface area contributed by atoms with E-state index >= 15 is 0 Å². The molecule has 0 saturated heterocycles. The monoisotopic (exact) mass is 896 g/mol. The van der Waals surface area contributed by atoms with Gasteiger partial charge in [0.2, 0.25) is 0 Å². The quantitative estimate of drug-likeness (QED) is 0.0259. The highest BCUT2D eigenvalue weighted by Gasteiger charge is 2.25. The maximum atomic E-state index is 12.8. The van der Waals surface area contributed by atoms with Gasteiger partial charge >= 0.3 is 11.9 Å². The van der Waals surface area contributed by atoms with Crippen LogP contribution < -0.4 is 5.11 Å². The van der Waals surface area contributed by atoms with Crippen LogP contribution in [0, 0.1) is 0 Å². The summed E-state index contributed by atoms with van der Waals surface area (Å²) in [7, 11) is 5.41. The first-order valence-corrected chi connectivity index (χ1v) is 26.0. The van der Waals surface area contributed by atoms with Crippen molar-refractivity contribution < 1.29 is 38.2 Å². The van der Waals surface area contributed by atoms with Crippen molar-refractivity contribution in [3.05, 3.63) is 72.9 Å². The van der Waals surface area contributed by atoms with Crippen LogP contribution in [-0.4, -0.2) is 75.5 Å². The number of aliphatic carboxylic acids is 1. The lowest BCUT2D eigenvalue weighted by Gasteiger charge is -2.34. The summed E-state index contributed by atoms with van der Waals surface area (Å²) in [4.78, 5) is 37.1. The molecule has 0 aliphatic heterocycles. The number of unbranched alkanes of at least 4 members (excludes halogenated alkanes) is 20. The molecule has 0 spiro atoms. The molecule has 0 amide bonds. The summed E-state index contributed by atoms with van der Waals surface area (Å²) in [5, 5.41) is 11.7. The van der Waals surface area contributed by atoms with Crippen molar-refractivity contribution in [3.8, 4) is 0 Å². The minimum atomic E-state index is -1.13. The predicted molar refractivity (Wildman–Crippen MR) is 268 cm³/mol. The third kappa shape index (κ3) is 44.0. The van der Waals surface area contributed by atoms with E-state index < -0.39 is 18.1 Å². The zero-order chi connectivity index (χ0) is 47.0. The van der Waals surface area contributed by atoms with Gasteiger partial charge in [-0.15, -0.1) is 0 Å². The topological polar surface area (TPSA) is 102 Å². The van der Waals surface area contributed by atoms with Crippen LogP contribution in [0.1, 0.15) is 213 Å². The predicted octanol–water partition coefficient (Wildman–Crippen LogP) is 13.8. The first-order chi connectivity index (χ1) is 31.1. The highest BCUT2D eigenvalue weighted by Crippen LogP contribution is 2.15. The number of hydrogen-bond donors (Lipinski definition) is 0. The molecule has 0 N–H and O–H groups in total. The number of likely N-dealkylation sites (N-methyl/N-ethyl adjacent to an activating group) is 1. The molecular weight excluding hydrogens is 799 g/mol. The third-order valence-corrected chi connectivity index (χ3v) is 11.3. The summed E-state index contributed by atoms with van der Waals surface area (Å²) < 4.78 is 17.2. The molecule has 0 aromatic rings. The van der Waals surface area contributed by atoms with Crippen LogP contribution in [0.3, 0.4) is 0 Å². The number of allylic oxidation sites excluding steroid dienone is 12. The van der Waals surface area contributed by atoms with Crippen molar-refractivity contribution in [2.24, 2.45) is 0 Å². The van der Waals surface area contributed by atoms with E-state index in [0.29, 0.717) is 12.8 Å². The first-order valence-electron chi connectivity index (χ1n) is 26.0. The van der Waals surface area contributed by atoms with E-state index in [1.54, 1.807) is 21.1 Å². The van der Waals surface area contributed by atoms with Crippen molar-refractivity contribution >= 4 is 17.9 Å². The fourth-order valence-corrected chi connectivity index (χ4v) is 7.33. The molecule has 0 fully saturated rings. The van der Waals surface area contributed by atoms with Crippen molar-refractivity contribution in [2.45, 2.75) is 225 Å². The van der Waals surface area contributed by atoms with Crippen molar-refractivity contribution in [1.29, 1.82) is 0 Å². The smallest absolute Gasteiger partial charge is 0.306 e. The van der Waals surface area contributed by atoms with E-state index in [9.17, 15) is 19.5 Å². The fourth-order valence-electron chi connectivity index (χ4n) is 7.33. The Kier molecular flexibility index (Phi) is 44.0. The number of carbonyl (C=O) groups excluding carboxylic acids is 3. The van der Waals surface area contributed by atoms with Crippen LogP contribution in [0.4, 0.5) is 0 Å². The van der Waals surface area contributed by atoms with Crippen molar-refractivity contribution in [2.75, 3.05) is 41.0 Å². The highest BCUT2D eigenvalue weighted by atomic mass is 16.6. The minimum absolute atomic E-state index is 0.0341. The average Bonchev–Trinajstić information content (AvgIpc) is 3.26. The fraction of sp³-hybridized carbons (Fsp3) is 0.732. The number of ether oxygens (including phenoxy) is 3. The molecule has 2 atom stereocenters. The SMILES string of the molecule is CC/C=C/C/C=C/C/C=C/C/C=C/CCCCCCCCCCCCC(=O)OC(COCCC(C(=O)[O-])[N+](C)(C)C)COC(=O)CCCCCCCCC/C=C/C/C=C/CCCCC. The van der Waals surface area contributed by atoms with Crippen LogP contribution >= 0.6 is 0 Å². The molecule has 368 valence electrons. The molecule has 0 radical (unpaired) electrons. The average molecular weight is 896 g/mol. The van der Waals surface area contributed by atoms with Gasteiger partial charge in [-0.25, -0.2) is 0 Å². The molecule has 2 unspecified atom stereocenters. The Hall–Kier alpha value is -3.23. The first kappa shape index (κ1) is 60.8. The molecular formula is C56H97NO7. The van der Waals surface area contributed by atoms with Crippen molar-refractivity contribution in [1.82, 2.24) is 0 Å². The second-order valence-electron chi connectivity index (χ2n) is 18.4. The van der Waals surface area contributed by atoms with E-state index in [1.165, 1.54) is 96.3 Å². The van der Waals surface area contributed by atoms with Gasteiger partial charge in [0.25, 0.3) is 0 Å². The number of quaternary nitrogens is 1. The van der Waals surface area contributed by atoms with Gasteiger partial charge in [0.05, 0.1) is 40.3 Å². The summed E-state index contributed by atoms with van der Waals surface area (Å²) in [5.74, 6) is -1.75. The van der Waals surface area contributed by atoms with Gasteiger partial charge in [0.15, 0.2) is 6.10 Å². The number of esters is 2. The summed E-state index contributed by atoms with van der Waals surface area (Å²) in [6.07, 6.45) is 59.3. The summed E-state index contributed by atoms with van der Waals surface area (Å²) in [6, 6.07) is -0.731. The second kappa shape index (κ2) is 46.3. The van der Waals surface area contributed by atoms with E-state index in [1.807, 2.05) is 0 Å². The summed E-state index contributed by atoms with van der Waals surface area (Å²) in [6.45, 7) is 4.52. The molecule has 0 saturated carbocycles. The minimum Gasteiger partial charge on any atom is -0.544 e. The molecule has 64 heavy (non-hydrogen) atoms. The molecule has 0 aromatic carbocycles. The number of hydrogen-bond acceptors (Lipinski definition) is 7. The highest BCUT2D eigenvalue weighted by molar-refractivity contribution is 5.70. The van der Waals surface area contributed by atoms with E-state index in [-0.39, 0.29) is 42.7 Å². The Bertz CT molecular complexity index is 1270. The molecule has 0 aliphatic carbocycles. The van der Waals surface area contributed by atoms with Crippen LogP contribution in [0.25, 0.3) is 0 Å². The molecule has 8 nitrogen and oxygen atoms in total. The maximum absolute atomic E-state index is 12.8. The van der Waals surface area contributed by atoms with Gasteiger partial charge in [-0.2, -0.15) is 0 Å². The third-order valence-electron chi connectivity index (χ3n) is 11.3. The Labute approximate surface area is 393 Å². The second-order valence-corrected chi connectivity index (χ2v) is 18.4. The largest absolute Gasteiger partial charge is 0.544 e. The molecule has 0 bridgehead atoms. The normalized spacial score (nSPS) is 13.5. The molecule has 8 heteroatoms. The lowest BCUT2D eigenvalue weighted by atomic mass is 10.0. The van der Waals surface area contributed by atoms with Gasteiger partial charge in [0.1, 0.15) is 12.6 Å². The zero-order valence-electron chi connectivity index (χ0n) is 41.9. The van der Waals surface area contributed by atoms with Crippen LogP contribution in [0.5, 0.6) is 0 Å². The number of carboxylic acids is 1. The van der Waals surface area contributed by atoms with Crippen LogP contribution in [0.15, 0.2) is 72.9 Å². The van der Waals surface area contributed by atoms with Crippen molar-refractivity contribution in [3.63, 3.8) is 0 Å². The Morgan fingerprint density at radius 2 is 0.875 bits per heavy atom. The number of carbonyl (C=O) groups is 3. The Morgan fingerprint density at radius 3 is 1.30 bits per heavy atom. The molecule has 0 aromatic heterocycles. The van der Waals surface area contributed by atoms with Crippen LogP contribution in [0.2, 0.25) is 0 Å². The lowest BCUT2D eigenvalue weighted by Crippen LogP contribution is -2.55. The van der Waals surface area contributed by atoms with Gasteiger partial charge in [-0.3, -0.25) is 9.59 Å². The summed E-state index contributed by atoms with van der Waals surface area (Å²) >= 11 is 0. The Morgan fingerprint density at radius 1 is 0.484 bits per heavy atom. The molecule has 0 rings (SSSR count). The zero-order valence-corrected chi connectivity index (χ0v) is 41.9. The molecule has 0 heterocycles. The van der Waals surface area contributed by atoms with Gasteiger partial charge in [0, 0.05) is 19.3 Å².